The summed E-state index contributed by atoms with van der Waals surface area (Å²) in [6, 6.07) is 1.03. The van der Waals surface area contributed by atoms with E-state index in [1.54, 1.807) is 32.6 Å². The molecular formula is C24H29F3N6O4S. The molecule has 1 aliphatic rings. The minimum atomic E-state index is -4.81. The molecule has 38 heavy (non-hydrogen) atoms. The molecule has 1 aliphatic heterocycles. The average molecular weight is 555 g/mol. The Morgan fingerprint density at radius 1 is 1.13 bits per heavy atom. The minimum absolute atomic E-state index is 0.146. The highest BCUT2D eigenvalue weighted by Gasteiger charge is 2.35. The second-order valence-corrected chi connectivity index (χ2v) is 10.4. The van der Waals surface area contributed by atoms with Crippen LogP contribution in [0.25, 0.3) is 0 Å². The van der Waals surface area contributed by atoms with Crippen LogP contribution in [0.2, 0.25) is 0 Å². The number of halogens is 3. The van der Waals surface area contributed by atoms with E-state index in [4.69, 9.17) is 4.74 Å². The monoisotopic (exact) mass is 554 g/mol. The summed E-state index contributed by atoms with van der Waals surface area (Å²) in [6.07, 6.45) is -1.50. The number of thioether (sulfide) groups is 1. The predicted octanol–water partition coefficient (Wildman–Crippen LogP) is 4.04. The Morgan fingerprint density at radius 2 is 1.79 bits per heavy atom. The van der Waals surface area contributed by atoms with Crippen molar-refractivity contribution in [1.82, 2.24) is 30.2 Å². The number of carbonyl (C=O) groups excluding carboxylic acids is 3. The van der Waals surface area contributed by atoms with Gasteiger partial charge in [-0.25, -0.2) is 24.7 Å². The number of Topliss-reactive ketones (excluding diaryl/α,β-unsaturated/α-hetero) is 1. The van der Waals surface area contributed by atoms with Gasteiger partial charge in [0.1, 0.15) is 11.3 Å². The first kappa shape index (κ1) is 29.3. The number of aromatic nitrogens is 4. The quantitative estimate of drug-likeness (QED) is 0.320. The minimum Gasteiger partial charge on any atom is -0.444 e. The molecule has 10 nitrogen and oxygen atoms in total. The molecule has 0 saturated carbocycles. The molecule has 1 fully saturated rings. The number of carbonyl (C=O) groups is 3. The van der Waals surface area contributed by atoms with Crippen LogP contribution in [0.5, 0.6) is 0 Å². The van der Waals surface area contributed by atoms with Crippen molar-refractivity contribution >= 4 is 29.5 Å². The first-order chi connectivity index (χ1) is 17.7. The normalized spacial score (nSPS) is 14.8. The number of amides is 2. The van der Waals surface area contributed by atoms with Crippen LogP contribution in [0, 0.1) is 6.92 Å². The van der Waals surface area contributed by atoms with E-state index in [0.717, 1.165) is 12.3 Å². The van der Waals surface area contributed by atoms with Crippen molar-refractivity contribution in [3.05, 3.63) is 40.7 Å². The van der Waals surface area contributed by atoms with Crippen molar-refractivity contribution < 1.29 is 32.3 Å². The molecule has 14 heteroatoms. The van der Waals surface area contributed by atoms with Gasteiger partial charge in [0, 0.05) is 25.2 Å². The van der Waals surface area contributed by atoms with Crippen molar-refractivity contribution in [2.24, 2.45) is 0 Å². The molecule has 206 valence electrons. The van der Waals surface area contributed by atoms with E-state index in [0.29, 0.717) is 42.5 Å². The number of hydrogen-bond donors (Lipinski definition) is 1. The fraction of sp³-hybridized carbons (Fsp3) is 0.542. The van der Waals surface area contributed by atoms with Gasteiger partial charge < -0.3 is 15.0 Å². The Morgan fingerprint density at radius 3 is 2.37 bits per heavy atom. The third kappa shape index (κ3) is 7.39. The van der Waals surface area contributed by atoms with Crippen LogP contribution in [0.3, 0.4) is 0 Å². The fourth-order valence-corrected chi connectivity index (χ4v) is 4.34. The zero-order valence-electron chi connectivity index (χ0n) is 21.7. The molecule has 0 aliphatic carbocycles. The molecule has 2 aromatic rings. The van der Waals surface area contributed by atoms with Crippen LogP contribution in [0.1, 0.15) is 77.6 Å². The molecule has 0 bridgehead atoms. The third-order valence-corrected chi connectivity index (χ3v) is 6.19. The summed E-state index contributed by atoms with van der Waals surface area (Å²) in [7, 11) is 0. The van der Waals surface area contributed by atoms with Gasteiger partial charge in [0.2, 0.25) is 5.82 Å². The summed E-state index contributed by atoms with van der Waals surface area (Å²) in [5, 5.41) is 2.81. The Labute approximate surface area is 222 Å². The Kier molecular flexibility index (Phi) is 8.95. The lowest BCUT2D eigenvalue weighted by molar-refractivity contribution is -0.145. The van der Waals surface area contributed by atoms with Gasteiger partial charge in [0.15, 0.2) is 10.9 Å². The van der Waals surface area contributed by atoms with E-state index < -0.39 is 47.6 Å². The van der Waals surface area contributed by atoms with Crippen LogP contribution < -0.4 is 5.32 Å². The van der Waals surface area contributed by atoms with Crippen molar-refractivity contribution in [2.45, 2.75) is 63.4 Å². The van der Waals surface area contributed by atoms with Crippen LogP contribution in [0.4, 0.5) is 18.0 Å². The Balaban J connectivity index is 1.76. The lowest BCUT2D eigenvalue weighted by atomic mass is 9.89. The summed E-state index contributed by atoms with van der Waals surface area (Å²) in [4.78, 5) is 55.0. The average Bonchev–Trinajstić information content (AvgIpc) is 2.85. The van der Waals surface area contributed by atoms with E-state index in [-0.39, 0.29) is 11.5 Å². The number of aryl methyl sites for hydroxylation is 1. The number of nitrogens with zero attached hydrogens (tertiary/aromatic N) is 5. The zero-order chi connectivity index (χ0) is 28.3. The maximum absolute atomic E-state index is 13.2. The molecular weight excluding hydrogens is 525 g/mol. The second-order valence-electron chi connectivity index (χ2n) is 9.67. The van der Waals surface area contributed by atoms with Gasteiger partial charge in [-0.15, -0.1) is 0 Å². The number of likely N-dealkylation sites (tertiary alicyclic amines) is 1. The molecule has 0 aromatic carbocycles. The van der Waals surface area contributed by atoms with Crippen molar-refractivity contribution in [3.63, 3.8) is 0 Å². The standard InChI is InChI=1S/C24H29F3N6O4S/c1-13-17(16(34)12-29-19(35)15-6-9-28-20(31-15)24(25,26)27)18(32-21(30-13)38-5)14-7-10-33(11-8-14)22(36)37-23(2,3)4/h6,9,14H,7-8,10-12H2,1-5H3,(H,29,35). The van der Waals surface area contributed by atoms with Crippen LogP contribution in [0.15, 0.2) is 17.4 Å². The molecule has 1 N–H and O–H groups in total. The molecule has 3 heterocycles. The number of ether oxygens (including phenoxy) is 1. The number of ketones is 1. The van der Waals surface area contributed by atoms with Gasteiger partial charge in [-0.1, -0.05) is 11.8 Å². The number of hydrogen-bond acceptors (Lipinski definition) is 9. The predicted molar refractivity (Wildman–Crippen MR) is 132 cm³/mol. The number of piperidine rings is 1. The van der Waals surface area contributed by atoms with E-state index in [2.05, 4.69) is 25.3 Å². The maximum atomic E-state index is 13.2. The Hall–Kier alpha value is -3.29. The highest BCUT2D eigenvalue weighted by Crippen LogP contribution is 2.32. The summed E-state index contributed by atoms with van der Waals surface area (Å²) in [5.41, 5.74) is 0.0636. The smallest absolute Gasteiger partial charge is 0.444 e. The third-order valence-electron chi connectivity index (χ3n) is 5.64. The van der Waals surface area contributed by atoms with Crippen molar-refractivity contribution in [3.8, 4) is 0 Å². The first-order valence-electron chi connectivity index (χ1n) is 11.8. The zero-order valence-corrected chi connectivity index (χ0v) is 22.5. The molecule has 0 spiro atoms. The largest absolute Gasteiger partial charge is 0.451 e. The van der Waals surface area contributed by atoms with Crippen LogP contribution in [-0.4, -0.2) is 74.1 Å². The van der Waals surface area contributed by atoms with Gasteiger partial charge >= 0.3 is 12.3 Å². The van der Waals surface area contributed by atoms with Gasteiger partial charge in [-0.3, -0.25) is 9.59 Å². The first-order valence-corrected chi connectivity index (χ1v) is 13.0. The van der Waals surface area contributed by atoms with Crippen LogP contribution >= 0.6 is 11.8 Å². The maximum Gasteiger partial charge on any atom is 0.451 e. The fourth-order valence-electron chi connectivity index (χ4n) is 3.92. The van der Waals surface area contributed by atoms with Gasteiger partial charge in [0.05, 0.1) is 23.5 Å². The molecule has 2 amide bonds. The van der Waals surface area contributed by atoms with E-state index >= 15 is 0 Å². The summed E-state index contributed by atoms with van der Waals surface area (Å²) < 4.78 is 44.1. The highest BCUT2D eigenvalue weighted by atomic mass is 32.2. The van der Waals surface area contributed by atoms with Crippen molar-refractivity contribution in [1.29, 1.82) is 0 Å². The van der Waals surface area contributed by atoms with E-state index in [1.165, 1.54) is 11.8 Å². The number of rotatable bonds is 6. The van der Waals surface area contributed by atoms with Crippen molar-refractivity contribution in [2.75, 3.05) is 25.9 Å². The molecule has 2 aromatic heterocycles. The highest BCUT2D eigenvalue weighted by molar-refractivity contribution is 7.98. The number of nitrogens with one attached hydrogen (secondary N) is 1. The molecule has 3 rings (SSSR count). The van der Waals surface area contributed by atoms with Gasteiger partial charge in [-0.2, -0.15) is 13.2 Å². The lowest BCUT2D eigenvalue weighted by Crippen LogP contribution is -2.41. The molecule has 1 saturated heterocycles. The van der Waals surface area contributed by atoms with Gasteiger partial charge in [0.25, 0.3) is 5.91 Å². The SMILES string of the molecule is CSc1nc(C)c(C(=O)CNC(=O)c2ccnc(C(F)(F)F)n2)c(C2CCN(C(=O)OC(C)(C)C)CC2)n1. The molecule has 0 radical (unpaired) electrons. The Bertz CT molecular complexity index is 1210. The number of alkyl halides is 3. The summed E-state index contributed by atoms with van der Waals surface area (Å²) in [6.45, 7) is 7.38. The second kappa shape index (κ2) is 11.6. The van der Waals surface area contributed by atoms with Gasteiger partial charge in [-0.05, 0) is 52.9 Å². The lowest BCUT2D eigenvalue weighted by Gasteiger charge is -2.33. The van der Waals surface area contributed by atoms with Crippen LogP contribution in [-0.2, 0) is 10.9 Å². The summed E-state index contributed by atoms with van der Waals surface area (Å²) in [5.74, 6) is -3.03. The molecule has 0 unspecified atom stereocenters. The van der Waals surface area contributed by atoms with E-state index in [9.17, 15) is 27.6 Å². The topological polar surface area (TPSA) is 127 Å². The summed E-state index contributed by atoms with van der Waals surface area (Å²) >= 11 is 1.32. The van der Waals surface area contributed by atoms with E-state index in [1.807, 2.05) is 6.26 Å². The molecule has 0 atom stereocenters.